The summed E-state index contributed by atoms with van der Waals surface area (Å²) in [5.74, 6) is -0.0209. The Bertz CT molecular complexity index is 1210. The summed E-state index contributed by atoms with van der Waals surface area (Å²) < 4.78 is 7.64. The highest BCUT2D eigenvalue weighted by Crippen LogP contribution is 2.24. The van der Waals surface area contributed by atoms with Crippen LogP contribution < -0.4 is 0 Å². The molecule has 0 radical (unpaired) electrons. The second-order valence-electron chi connectivity index (χ2n) is 7.80. The lowest BCUT2D eigenvalue weighted by Gasteiger charge is -2.23. The number of fused-ring (bicyclic) bond motifs is 1. The molecule has 0 bridgehead atoms. The molecule has 0 aliphatic rings. The zero-order valence-corrected chi connectivity index (χ0v) is 18.8. The summed E-state index contributed by atoms with van der Waals surface area (Å²) in [5.41, 5.74) is 6.32. The van der Waals surface area contributed by atoms with Crippen molar-refractivity contribution < 1.29 is 9.21 Å². The molecule has 6 heteroatoms. The molecule has 0 aliphatic carbocycles. The fourth-order valence-electron chi connectivity index (χ4n) is 3.98. The summed E-state index contributed by atoms with van der Waals surface area (Å²) in [6.45, 7) is 7.59. The van der Waals surface area contributed by atoms with Gasteiger partial charge in [-0.3, -0.25) is 4.79 Å². The number of nitrogens with zero attached hydrogens (tertiary/aromatic N) is 3. The number of aryl methyl sites for hydroxylation is 1. The maximum atomic E-state index is 13.4. The average Bonchev–Trinajstić information content (AvgIpc) is 3.28. The highest BCUT2D eigenvalue weighted by Gasteiger charge is 2.20. The molecule has 4 aromatic rings. The first-order chi connectivity index (χ1) is 15.0. The number of carbonyl (C=O) groups excluding carboxylic acids is 1. The smallest absolute Gasteiger partial charge is 0.293 e. The van der Waals surface area contributed by atoms with Crippen molar-refractivity contribution in [2.24, 2.45) is 0 Å². The predicted octanol–water partition coefficient (Wildman–Crippen LogP) is 6.33. The van der Waals surface area contributed by atoms with Gasteiger partial charge in [-0.1, -0.05) is 31.5 Å². The number of para-hydroxylation sites is 1. The molecule has 0 spiro atoms. The van der Waals surface area contributed by atoms with Gasteiger partial charge in [0.05, 0.1) is 0 Å². The first kappa shape index (κ1) is 21.2. The van der Waals surface area contributed by atoms with E-state index in [2.05, 4.69) is 48.5 Å². The molecule has 5 nitrogen and oxygen atoms in total. The van der Waals surface area contributed by atoms with Crippen LogP contribution in [-0.2, 0) is 6.54 Å². The Morgan fingerprint density at radius 2 is 1.90 bits per heavy atom. The van der Waals surface area contributed by atoms with E-state index in [1.54, 1.807) is 18.2 Å². The topological polar surface area (TPSA) is 51.3 Å². The van der Waals surface area contributed by atoms with Gasteiger partial charge in [0.25, 0.3) is 11.3 Å². The van der Waals surface area contributed by atoms with Crippen LogP contribution in [0.2, 0.25) is 5.35 Å². The van der Waals surface area contributed by atoms with Crippen LogP contribution >= 0.6 is 11.6 Å². The number of amides is 1. The number of unbranched alkanes of at least 4 members (excludes halogenated alkanes) is 1. The summed E-state index contributed by atoms with van der Waals surface area (Å²) in [4.78, 5) is 19.4. The minimum absolute atomic E-state index is 0.0209. The van der Waals surface area contributed by atoms with Crippen LogP contribution in [0.5, 0.6) is 0 Å². The van der Waals surface area contributed by atoms with Crippen molar-refractivity contribution >= 4 is 28.6 Å². The van der Waals surface area contributed by atoms with Crippen LogP contribution in [0.25, 0.3) is 16.8 Å². The maximum absolute atomic E-state index is 13.4. The van der Waals surface area contributed by atoms with Crippen molar-refractivity contribution in [2.45, 2.75) is 40.2 Å². The third kappa shape index (κ3) is 4.37. The second kappa shape index (κ2) is 8.98. The molecule has 4 rings (SSSR count). The van der Waals surface area contributed by atoms with Crippen molar-refractivity contribution in [3.63, 3.8) is 0 Å². The Morgan fingerprint density at radius 3 is 2.65 bits per heavy atom. The zero-order valence-electron chi connectivity index (χ0n) is 18.1. The van der Waals surface area contributed by atoms with E-state index in [-0.39, 0.29) is 11.3 Å². The standard InChI is InChI=1S/C25H26ClN3O2/c1-4-5-13-28(24(30)19-11-12-22-23(15-19)31-25(26)27-22)16-20-14-17(2)29(18(20)3)21-9-7-6-8-10-21/h6-12,14-15H,4-5,13,16H2,1-3H3. The number of oxazole rings is 1. The molecule has 2 heterocycles. The molecule has 2 aromatic heterocycles. The van der Waals surface area contributed by atoms with E-state index in [0.717, 1.165) is 35.5 Å². The Hall–Kier alpha value is -3.05. The molecule has 0 atom stereocenters. The van der Waals surface area contributed by atoms with E-state index in [9.17, 15) is 4.79 Å². The molecular weight excluding hydrogens is 410 g/mol. The fourth-order valence-corrected chi connectivity index (χ4v) is 4.16. The molecule has 160 valence electrons. The quantitative estimate of drug-likeness (QED) is 0.340. The number of hydrogen-bond acceptors (Lipinski definition) is 3. The van der Waals surface area contributed by atoms with Crippen LogP contribution in [0.3, 0.4) is 0 Å². The van der Waals surface area contributed by atoms with Crippen molar-refractivity contribution in [1.82, 2.24) is 14.5 Å². The van der Waals surface area contributed by atoms with Crippen LogP contribution in [0, 0.1) is 13.8 Å². The van der Waals surface area contributed by atoms with Crippen molar-refractivity contribution in [2.75, 3.05) is 6.54 Å². The van der Waals surface area contributed by atoms with Gasteiger partial charge in [0.2, 0.25) is 0 Å². The minimum atomic E-state index is -0.0209. The van der Waals surface area contributed by atoms with Gasteiger partial charge in [0.1, 0.15) is 5.52 Å². The summed E-state index contributed by atoms with van der Waals surface area (Å²) >= 11 is 5.86. The summed E-state index contributed by atoms with van der Waals surface area (Å²) in [7, 11) is 0. The Labute approximate surface area is 187 Å². The van der Waals surface area contributed by atoms with Crippen molar-refractivity contribution in [1.29, 1.82) is 0 Å². The zero-order chi connectivity index (χ0) is 22.0. The monoisotopic (exact) mass is 435 g/mol. The number of rotatable bonds is 7. The molecule has 0 saturated carbocycles. The predicted molar refractivity (Wildman–Crippen MR) is 124 cm³/mol. The summed E-state index contributed by atoms with van der Waals surface area (Å²) in [6.07, 6.45) is 1.96. The molecule has 0 N–H and O–H groups in total. The SMILES string of the molecule is CCCCN(Cc1cc(C)n(-c2ccccc2)c1C)C(=O)c1ccc2nc(Cl)oc2c1. The van der Waals surface area contributed by atoms with Gasteiger partial charge in [0.15, 0.2) is 5.58 Å². The van der Waals surface area contributed by atoms with Crippen LogP contribution in [-0.4, -0.2) is 26.9 Å². The summed E-state index contributed by atoms with van der Waals surface area (Å²) in [5, 5.41) is 0.0794. The molecular formula is C25H26ClN3O2. The highest BCUT2D eigenvalue weighted by molar-refractivity contribution is 6.28. The largest absolute Gasteiger partial charge is 0.428 e. The molecule has 0 fully saturated rings. The Balaban J connectivity index is 1.64. The molecule has 0 unspecified atom stereocenters. The van der Waals surface area contributed by atoms with Gasteiger partial charge in [-0.25, -0.2) is 0 Å². The molecule has 31 heavy (non-hydrogen) atoms. The first-order valence-electron chi connectivity index (χ1n) is 10.6. The van der Waals surface area contributed by atoms with Gasteiger partial charge in [-0.2, -0.15) is 4.98 Å². The van der Waals surface area contributed by atoms with Gasteiger partial charge in [-0.05, 0) is 73.8 Å². The number of halogens is 1. The fraction of sp³-hybridized carbons (Fsp3) is 0.280. The van der Waals surface area contributed by atoms with E-state index in [1.165, 1.54) is 0 Å². The van der Waals surface area contributed by atoms with Crippen molar-refractivity contribution in [3.8, 4) is 5.69 Å². The highest BCUT2D eigenvalue weighted by atomic mass is 35.5. The van der Waals surface area contributed by atoms with Gasteiger partial charge in [0, 0.05) is 35.7 Å². The van der Waals surface area contributed by atoms with Crippen LogP contribution in [0.15, 0.2) is 59.0 Å². The van der Waals surface area contributed by atoms with Crippen LogP contribution in [0.1, 0.15) is 47.1 Å². The Morgan fingerprint density at radius 1 is 1.13 bits per heavy atom. The van der Waals surface area contributed by atoms with E-state index in [0.29, 0.717) is 29.8 Å². The van der Waals surface area contributed by atoms with E-state index in [4.69, 9.17) is 16.0 Å². The summed E-state index contributed by atoms with van der Waals surface area (Å²) in [6, 6.07) is 17.8. The van der Waals surface area contributed by atoms with Crippen LogP contribution in [0.4, 0.5) is 0 Å². The van der Waals surface area contributed by atoms with E-state index in [1.807, 2.05) is 23.1 Å². The first-order valence-corrected chi connectivity index (χ1v) is 10.9. The minimum Gasteiger partial charge on any atom is -0.428 e. The molecule has 0 aliphatic heterocycles. The maximum Gasteiger partial charge on any atom is 0.293 e. The number of benzene rings is 2. The number of carbonyl (C=O) groups is 1. The van der Waals surface area contributed by atoms with Gasteiger partial charge < -0.3 is 13.9 Å². The Kier molecular flexibility index (Phi) is 6.14. The third-order valence-corrected chi connectivity index (χ3v) is 5.75. The lowest BCUT2D eigenvalue weighted by molar-refractivity contribution is 0.0740. The van der Waals surface area contributed by atoms with E-state index < -0.39 is 0 Å². The second-order valence-corrected chi connectivity index (χ2v) is 8.12. The third-order valence-electron chi connectivity index (χ3n) is 5.59. The molecule has 0 saturated heterocycles. The lowest BCUT2D eigenvalue weighted by atomic mass is 10.1. The lowest BCUT2D eigenvalue weighted by Crippen LogP contribution is -2.31. The molecule has 2 aromatic carbocycles. The van der Waals surface area contributed by atoms with Gasteiger partial charge in [-0.15, -0.1) is 0 Å². The molecule has 1 amide bonds. The van der Waals surface area contributed by atoms with E-state index >= 15 is 0 Å². The average molecular weight is 436 g/mol. The van der Waals surface area contributed by atoms with Crippen molar-refractivity contribution in [3.05, 3.63) is 82.5 Å². The van der Waals surface area contributed by atoms with Gasteiger partial charge >= 0.3 is 0 Å². The number of hydrogen-bond donors (Lipinski definition) is 0. The normalized spacial score (nSPS) is 11.2. The number of aromatic nitrogens is 2.